The second-order valence-electron chi connectivity index (χ2n) is 7.40. The van der Waals surface area contributed by atoms with Gasteiger partial charge in [-0.15, -0.1) is 11.3 Å². The molecule has 1 aliphatic heterocycles. The number of anilines is 2. The molecule has 30 heavy (non-hydrogen) atoms. The van der Waals surface area contributed by atoms with E-state index in [0.29, 0.717) is 22.9 Å². The molecule has 160 valence electrons. The summed E-state index contributed by atoms with van der Waals surface area (Å²) in [7, 11) is 0. The molecule has 0 spiro atoms. The van der Waals surface area contributed by atoms with Crippen LogP contribution in [0.4, 0.5) is 16.5 Å². The average Bonchev–Trinajstić information content (AvgIpc) is 3.12. The van der Waals surface area contributed by atoms with E-state index >= 15 is 0 Å². The number of carbonyl (C=O) groups excluding carboxylic acids is 2. The van der Waals surface area contributed by atoms with Gasteiger partial charge >= 0.3 is 0 Å². The summed E-state index contributed by atoms with van der Waals surface area (Å²) in [6, 6.07) is 4.64. The van der Waals surface area contributed by atoms with Crippen molar-refractivity contribution in [3.63, 3.8) is 0 Å². The number of rotatable bonds is 7. The fraction of sp³-hybridized carbons (Fsp3) is 0.450. The fourth-order valence-corrected chi connectivity index (χ4v) is 4.16. The summed E-state index contributed by atoms with van der Waals surface area (Å²) in [5.74, 6) is -0.229. The van der Waals surface area contributed by atoms with E-state index < -0.39 is 4.92 Å². The molecule has 0 bridgehead atoms. The smallest absolute Gasteiger partial charge is 0.274 e. The van der Waals surface area contributed by atoms with E-state index in [1.807, 2.05) is 12.3 Å². The number of hydrogen-bond donors (Lipinski definition) is 2. The van der Waals surface area contributed by atoms with Crippen LogP contribution in [0, 0.1) is 29.9 Å². The first kappa shape index (κ1) is 21.8. The van der Waals surface area contributed by atoms with Crippen LogP contribution in [0.5, 0.6) is 0 Å². The number of likely N-dealkylation sites (tertiary alicyclic amines) is 1. The molecule has 0 aliphatic carbocycles. The van der Waals surface area contributed by atoms with Crippen LogP contribution in [0.2, 0.25) is 0 Å². The molecule has 2 N–H and O–H groups in total. The normalized spacial score (nSPS) is 15.0. The molecule has 0 atom stereocenters. The molecule has 0 saturated carbocycles. The zero-order chi connectivity index (χ0) is 21.7. The molecular weight excluding hydrogens is 406 g/mol. The fourth-order valence-electron chi connectivity index (χ4n) is 3.47. The Labute approximate surface area is 178 Å². The Bertz CT molecular complexity index is 937. The second-order valence-corrected chi connectivity index (χ2v) is 8.26. The first-order valence-electron chi connectivity index (χ1n) is 9.82. The maximum atomic E-state index is 12.4. The predicted octanol–water partition coefficient (Wildman–Crippen LogP) is 3.35. The van der Waals surface area contributed by atoms with Gasteiger partial charge in [-0.05, 0) is 45.8 Å². The van der Waals surface area contributed by atoms with Crippen molar-refractivity contribution in [2.45, 2.75) is 33.1 Å². The number of hydrogen-bond acceptors (Lipinski definition) is 7. The number of aromatic nitrogens is 1. The van der Waals surface area contributed by atoms with Crippen molar-refractivity contribution in [3.8, 4) is 0 Å². The minimum absolute atomic E-state index is 0.00268. The van der Waals surface area contributed by atoms with Crippen molar-refractivity contribution >= 4 is 39.7 Å². The van der Waals surface area contributed by atoms with Crippen molar-refractivity contribution in [1.29, 1.82) is 0 Å². The summed E-state index contributed by atoms with van der Waals surface area (Å²) in [5, 5.41) is 19.2. The number of nitrogens with one attached hydrogen (secondary N) is 2. The Morgan fingerprint density at radius 3 is 2.63 bits per heavy atom. The van der Waals surface area contributed by atoms with Gasteiger partial charge in [-0.3, -0.25) is 19.7 Å². The molecule has 2 aromatic rings. The predicted molar refractivity (Wildman–Crippen MR) is 116 cm³/mol. The van der Waals surface area contributed by atoms with Gasteiger partial charge in [0.15, 0.2) is 5.13 Å². The summed E-state index contributed by atoms with van der Waals surface area (Å²) < 4.78 is 0. The van der Waals surface area contributed by atoms with E-state index in [9.17, 15) is 19.7 Å². The van der Waals surface area contributed by atoms with Gasteiger partial charge in [0.2, 0.25) is 11.8 Å². The average molecular weight is 432 g/mol. The Balaban J connectivity index is 1.42. The van der Waals surface area contributed by atoms with Gasteiger partial charge in [0.05, 0.1) is 21.9 Å². The molecule has 0 radical (unpaired) electrons. The Morgan fingerprint density at radius 1 is 1.27 bits per heavy atom. The van der Waals surface area contributed by atoms with Crippen LogP contribution in [0.3, 0.4) is 0 Å². The van der Waals surface area contributed by atoms with Gasteiger partial charge in [-0.25, -0.2) is 4.98 Å². The molecule has 0 unspecified atom stereocenters. The molecule has 1 aliphatic rings. The molecule has 2 heterocycles. The highest BCUT2D eigenvalue weighted by Crippen LogP contribution is 2.25. The number of nitro groups is 1. The molecule has 10 heteroatoms. The number of carbonyl (C=O) groups is 2. The molecule has 1 saturated heterocycles. The minimum atomic E-state index is -0.457. The third kappa shape index (κ3) is 5.61. The Morgan fingerprint density at radius 2 is 2.00 bits per heavy atom. The zero-order valence-electron chi connectivity index (χ0n) is 17.0. The van der Waals surface area contributed by atoms with Crippen LogP contribution in [0.1, 0.15) is 30.5 Å². The van der Waals surface area contributed by atoms with Gasteiger partial charge in [0.1, 0.15) is 0 Å². The van der Waals surface area contributed by atoms with Crippen molar-refractivity contribution in [2.75, 3.05) is 30.3 Å². The number of nitro benzene ring substituents is 1. The highest BCUT2D eigenvalue weighted by molar-refractivity contribution is 7.13. The van der Waals surface area contributed by atoms with Crippen LogP contribution in [0.15, 0.2) is 23.6 Å². The first-order valence-corrected chi connectivity index (χ1v) is 10.7. The minimum Gasteiger partial charge on any atom is -0.326 e. The summed E-state index contributed by atoms with van der Waals surface area (Å²) >= 11 is 1.42. The quantitative estimate of drug-likeness (QED) is 0.513. The lowest BCUT2D eigenvalue weighted by atomic mass is 9.96. The molecule has 2 amide bonds. The first-order chi connectivity index (χ1) is 14.3. The SMILES string of the molecule is Cc1csc(NC(=O)C2CCN(CCC(=O)Nc3cccc([N+](=O)[O-])c3C)CC2)n1. The van der Waals surface area contributed by atoms with E-state index in [2.05, 4.69) is 20.5 Å². The second kappa shape index (κ2) is 9.77. The summed E-state index contributed by atoms with van der Waals surface area (Å²) in [6.45, 7) is 5.59. The number of thiazole rings is 1. The van der Waals surface area contributed by atoms with Gasteiger partial charge < -0.3 is 15.5 Å². The van der Waals surface area contributed by atoms with E-state index in [4.69, 9.17) is 0 Å². The van der Waals surface area contributed by atoms with E-state index in [1.165, 1.54) is 17.4 Å². The van der Waals surface area contributed by atoms with Gasteiger partial charge in [-0.2, -0.15) is 0 Å². The number of nitrogens with zero attached hydrogens (tertiary/aromatic N) is 3. The summed E-state index contributed by atoms with van der Waals surface area (Å²) in [6.07, 6.45) is 1.76. The monoisotopic (exact) mass is 431 g/mol. The number of piperidine rings is 1. The van der Waals surface area contributed by atoms with Crippen LogP contribution in [-0.2, 0) is 9.59 Å². The molecule has 9 nitrogen and oxygen atoms in total. The Kier molecular flexibility index (Phi) is 7.11. The number of benzene rings is 1. The van der Waals surface area contributed by atoms with Crippen molar-refractivity contribution < 1.29 is 14.5 Å². The Hall–Kier alpha value is -2.85. The number of amides is 2. The van der Waals surface area contributed by atoms with Gasteiger partial charge in [-0.1, -0.05) is 6.07 Å². The topological polar surface area (TPSA) is 117 Å². The molecule has 1 fully saturated rings. The van der Waals surface area contributed by atoms with E-state index in [-0.39, 0.29) is 29.8 Å². The molecular formula is C20H25N5O4S. The third-order valence-electron chi connectivity index (χ3n) is 5.24. The lowest BCUT2D eigenvalue weighted by molar-refractivity contribution is -0.385. The zero-order valence-corrected chi connectivity index (χ0v) is 17.8. The van der Waals surface area contributed by atoms with Gasteiger partial charge in [0, 0.05) is 30.3 Å². The van der Waals surface area contributed by atoms with Crippen molar-refractivity contribution in [1.82, 2.24) is 9.88 Å². The van der Waals surface area contributed by atoms with Gasteiger partial charge in [0.25, 0.3) is 5.69 Å². The lowest BCUT2D eigenvalue weighted by Gasteiger charge is -2.30. The molecule has 3 rings (SSSR count). The lowest BCUT2D eigenvalue weighted by Crippen LogP contribution is -2.39. The largest absolute Gasteiger partial charge is 0.326 e. The molecule has 1 aromatic heterocycles. The highest BCUT2D eigenvalue weighted by atomic mass is 32.1. The van der Waals surface area contributed by atoms with Crippen molar-refractivity contribution in [2.24, 2.45) is 5.92 Å². The maximum absolute atomic E-state index is 12.4. The standard InChI is InChI=1S/C20H25N5O4S/c1-13-12-30-20(21-13)23-19(27)15-6-9-24(10-7-15)11-8-18(26)22-16-4-3-5-17(14(16)2)25(28)29/h3-5,12,15H,6-11H2,1-2H3,(H,22,26)(H,21,23,27). The summed E-state index contributed by atoms with van der Waals surface area (Å²) in [4.78, 5) is 41.7. The van der Waals surface area contributed by atoms with Crippen LogP contribution >= 0.6 is 11.3 Å². The maximum Gasteiger partial charge on any atom is 0.274 e. The highest BCUT2D eigenvalue weighted by Gasteiger charge is 2.25. The number of aryl methyl sites for hydroxylation is 1. The van der Waals surface area contributed by atoms with E-state index in [0.717, 1.165) is 31.6 Å². The van der Waals surface area contributed by atoms with E-state index in [1.54, 1.807) is 19.1 Å². The summed E-state index contributed by atoms with van der Waals surface area (Å²) in [5.41, 5.74) is 1.78. The van der Waals surface area contributed by atoms with Crippen LogP contribution in [0.25, 0.3) is 0 Å². The van der Waals surface area contributed by atoms with Crippen LogP contribution in [-0.4, -0.2) is 46.3 Å². The van der Waals surface area contributed by atoms with Crippen molar-refractivity contribution in [3.05, 3.63) is 45.0 Å². The molecule has 1 aromatic carbocycles. The van der Waals surface area contributed by atoms with Crippen LogP contribution < -0.4 is 10.6 Å². The third-order valence-corrected chi connectivity index (χ3v) is 6.11.